The fraction of sp³-hybridized carbons (Fsp3) is 0.111. The number of aryl methyl sites for hydroxylation is 1. The van der Waals surface area contributed by atoms with Crippen molar-refractivity contribution in [2.45, 2.75) is 13.5 Å². The average Bonchev–Trinajstić information content (AvgIpc) is 2.97. The molecule has 7 heteroatoms. The van der Waals surface area contributed by atoms with E-state index in [9.17, 15) is 0 Å². The molecule has 0 bridgehead atoms. The van der Waals surface area contributed by atoms with Crippen LogP contribution in [0.2, 0.25) is 0 Å². The highest BCUT2D eigenvalue weighted by Crippen LogP contribution is 2.22. The molecule has 124 valence electrons. The predicted octanol–water partition coefficient (Wildman–Crippen LogP) is 3.71. The normalized spacial score (nSPS) is 11.0. The fourth-order valence-electron chi connectivity index (χ4n) is 2.67. The Kier molecular flexibility index (Phi) is 4.31. The number of nitrogens with one attached hydrogen (secondary N) is 1. The molecule has 0 aliphatic heterocycles. The van der Waals surface area contributed by atoms with Gasteiger partial charge in [-0.1, -0.05) is 12.1 Å². The number of rotatable bonds is 4. The van der Waals surface area contributed by atoms with E-state index in [-0.39, 0.29) is 0 Å². The molecule has 0 fully saturated rings. The SMILES string of the molecule is Cc1nc2ncccn2c1-c1ccnc(NCc2ccc(I)cc2)n1. The van der Waals surface area contributed by atoms with Gasteiger partial charge in [0.25, 0.3) is 0 Å². The molecule has 0 aliphatic carbocycles. The number of hydrogen-bond donors (Lipinski definition) is 1. The highest BCUT2D eigenvalue weighted by molar-refractivity contribution is 14.1. The smallest absolute Gasteiger partial charge is 0.234 e. The summed E-state index contributed by atoms with van der Waals surface area (Å²) < 4.78 is 3.16. The van der Waals surface area contributed by atoms with E-state index in [1.165, 1.54) is 9.13 Å². The third-order valence-electron chi connectivity index (χ3n) is 3.84. The van der Waals surface area contributed by atoms with E-state index < -0.39 is 0 Å². The predicted molar refractivity (Wildman–Crippen MR) is 105 cm³/mol. The number of halogens is 1. The molecule has 3 heterocycles. The van der Waals surface area contributed by atoms with Gasteiger partial charge in [0, 0.05) is 28.7 Å². The summed E-state index contributed by atoms with van der Waals surface area (Å²) >= 11 is 2.30. The zero-order valence-corrected chi connectivity index (χ0v) is 15.7. The lowest BCUT2D eigenvalue weighted by molar-refractivity contribution is 1.04. The van der Waals surface area contributed by atoms with Crippen LogP contribution in [0.3, 0.4) is 0 Å². The number of nitrogens with zero attached hydrogens (tertiary/aromatic N) is 5. The van der Waals surface area contributed by atoms with Crippen molar-refractivity contribution in [3.05, 3.63) is 69.8 Å². The van der Waals surface area contributed by atoms with Crippen LogP contribution in [-0.4, -0.2) is 24.3 Å². The van der Waals surface area contributed by atoms with Gasteiger partial charge in [0.15, 0.2) is 0 Å². The van der Waals surface area contributed by atoms with Crippen molar-refractivity contribution < 1.29 is 0 Å². The monoisotopic (exact) mass is 442 g/mol. The van der Waals surface area contributed by atoms with E-state index in [0.717, 1.165) is 17.1 Å². The minimum atomic E-state index is 0.592. The standard InChI is InChI=1S/C18H15IN6/c1-12-16(25-10-2-8-21-18(25)23-12)15-7-9-20-17(24-15)22-11-13-3-5-14(19)6-4-13/h2-10H,11H2,1H3,(H,20,22,24). The van der Waals surface area contributed by atoms with Gasteiger partial charge in [-0.05, 0) is 59.3 Å². The second-order valence-electron chi connectivity index (χ2n) is 5.58. The molecule has 4 rings (SSSR count). The first-order valence-corrected chi connectivity index (χ1v) is 8.90. The van der Waals surface area contributed by atoms with Crippen LogP contribution in [0.4, 0.5) is 5.95 Å². The molecular weight excluding hydrogens is 427 g/mol. The van der Waals surface area contributed by atoms with E-state index in [1.54, 1.807) is 12.4 Å². The Bertz CT molecular complexity index is 1030. The molecule has 3 aromatic heterocycles. The highest BCUT2D eigenvalue weighted by Gasteiger charge is 2.13. The molecule has 6 nitrogen and oxygen atoms in total. The molecule has 0 saturated heterocycles. The van der Waals surface area contributed by atoms with Crippen LogP contribution in [0.1, 0.15) is 11.3 Å². The summed E-state index contributed by atoms with van der Waals surface area (Å²) in [4.78, 5) is 17.7. The lowest BCUT2D eigenvalue weighted by atomic mass is 10.2. The van der Waals surface area contributed by atoms with Crippen molar-refractivity contribution in [3.63, 3.8) is 0 Å². The Morgan fingerprint density at radius 3 is 2.72 bits per heavy atom. The Hall–Kier alpha value is -2.55. The average molecular weight is 442 g/mol. The first-order chi connectivity index (χ1) is 12.2. The van der Waals surface area contributed by atoms with Crippen LogP contribution in [-0.2, 0) is 6.54 Å². The topological polar surface area (TPSA) is 68.0 Å². The molecule has 4 aromatic rings. The third-order valence-corrected chi connectivity index (χ3v) is 4.56. The second-order valence-corrected chi connectivity index (χ2v) is 6.83. The minimum Gasteiger partial charge on any atom is -0.350 e. The van der Waals surface area contributed by atoms with Crippen LogP contribution in [0.15, 0.2) is 55.0 Å². The molecular formula is C18H15IN6. The van der Waals surface area contributed by atoms with Crippen molar-refractivity contribution in [3.8, 4) is 11.4 Å². The van der Waals surface area contributed by atoms with Crippen LogP contribution in [0.25, 0.3) is 17.2 Å². The summed E-state index contributed by atoms with van der Waals surface area (Å²) in [6.45, 7) is 2.64. The van der Waals surface area contributed by atoms with Gasteiger partial charge in [0.05, 0.1) is 17.1 Å². The van der Waals surface area contributed by atoms with Gasteiger partial charge in [-0.25, -0.2) is 19.9 Å². The van der Waals surface area contributed by atoms with Gasteiger partial charge in [-0.15, -0.1) is 0 Å². The van der Waals surface area contributed by atoms with Crippen molar-refractivity contribution in [1.29, 1.82) is 0 Å². The van der Waals surface area contributed by atoms with E-state index in [1.807, 2.05) is 29.7 Å². The minimum absolute atomic E-state index is 0.592. The second kappa shape index (κ2) is 6.75. The lowest BCUT2D eigenvalue weighted by Crippen LogP contribution is -2.04. The van der Waals surface area contributed by atoms with E-state index in [2.05, 4.69) is 72.1 Å². The molecule has 1 aromatic carbocycles. The number of aromatic nitrogens is 5. The summed E-state index contributed by atoms with van der Waals surface area (Å²) in [5, 5.41) is 3.28. The van der Waals surface area contributed by atoms with Gasteiger partial charge < -0.3 is 5.32 Å². The number of benzene rings is 1. The summed E-state index contributed by atoms with van der Waals surface area (Å²) in [5.41, 5.74) is 3.83. The molecule has 0 aliphatic rings. The van der Waals surface area contributed by atoms with Gasteiger partial charge in [-0.3, -0.25) is 4.40 Å². The quantitative estimate of drug-likeness (QED) is 0.488. The molecule has 0 atom stereocenters. The molecule has 0 spiro atoms. The van der Waals surface area contributed by atoms with Gasteiger partial charge in [-0.2, -0.15) is 0 Å². The van der Waals surface area contributed by atoms with Crippen LogP contribution in [0, 0.1) is 10.5 Å². The third kappa shape index (κ3) is 3.32. The molecule has 0 unspecified atom stereocenters. The fourth-order valence-corrected chi connectivity index (χ4v) is 3.03. The van der Waals surface area contributed by atoms with E-state index in [0.29, 0.717) is 18.3 Å². The van der Waals surface area contributed by atoms with Crippen molar-refractivity contribution in [2.24, 2.45) is 0 Å². The largest absolute Gasteiger partial charge is 0.350 e. The summed E-state index contributed by atoms with van der Waals surface area (Å²) in [6, 6.07) is 12.1. The molecule has 1 N–H and O–H groups in total. The maximum atomic E-state index is 4.65. The zero-order chi connectivity index (χ0) is 17.2. The first-order valence-electron chi connectivity index (χ1n) is 7.82. The van der Waals surface area contributed by atoms with Crippen LogP contribution >= 0.6 is 22.6 Å². The summed E-state index contributed by atoms with van der Waals surface area (Å²) in [7, 11) is 0. The summed E-state index contributed by atoms with van der Waals surface area (Å²) in [5.74, 6) is 1.26. The number of anilines is 1. The maximum absolute atomic E-state index is 4.65. The van der Waals surface area contributed by atoms with E-state index in [4.69, 9.17) is 0 Å². The van der Waals surface area contributed by atoms with Gasteiger partial charge in [0.2, 0.25) is 11.7 Å². The van der Waals surface area contributed by atoms with Crippen molar-refractivity contribution in [2.75, 3.05) is 5.32 Å². The highest BCUT2D eigenvalue weighted by atomic mass is 127. The Morgan fingerprint density at radius 2 is 1.88 bits per heavy atom. The number of fused-ring (bicyclic) bond motifs is 1. The van der Waals surface area contributed by atoms with Crippen LogP contribution in [0.5, 0.6) is 0 Å². The number of hydrogen-bond acceptors (Lipinski definition) is 5. The van der Waals surface area contributed by atoms with Crippen molar-refractivity contribution >= 4 is 34.3 Å². The van der Waals surface area contributed by atoms with E-state index >= 15 is 0 Å². The molecule has 0 amide bonds. The molecule has 25 heavy (non-hydrogen) atoms. The number of imidazole rings is 1. The first kappa shape index (κ1) is 15.9. The molecule has 0 saturated carbocycles. The van der Waals surface area contributed by atoms with Gasteiger partial charge >= 0.3 is 0 Å². The summed E-state index contributed by atoms with van der Waals surface area (Å²) in [6.07, 6.45) is 5.44. The Labute approximate surface area is 158 Å². The zero-order valence-electron chi connectivity index (χ0n) is 13.5. The molecule has 0 radical (unpaired) electrons. The van der Waals surface area contributed by atoms with Crippen molar-refractivity contribution in [1.82, 2.24) is 24.3 Å². The Morgan fingerprint density at radius 1 is 1.04 bits per heavy atom. The lowest BCUT2D eigenvalue weighted by Gasteiger charge is -2.07. The Balaban J connectivity index is 1.62. The van der Waals surface area contributed by atoms with Gasteiger partial charge in [0.1, 0.15) is 0 Å². The maximum Gasteiger partial charge on any atom is 0.234 e. The van der Waals surface area contributed by atoms with Crippen LogP contribution < -0.4 is 5.32 Å².